The zero-order valence-electron chi connectivity index (χ0n) is 9.29. The number of alkyl halides is 4. The lowest BCUT2D eigenvalue weighted by Gasteiger charge is -2.15. The highest BCUT2D eigenvalue weighted by atomic mass is 19.3. The number of nitrogens with zero attached hydrogens (tertiary/aromatic N) is 2. The fraction of sp³-hybridized carbons (Fsp3) is 0.273. The van der Waals surface area contributed by atoms with Crippen LogP contribution in [0.3, 0.4) is 0 Å². The van der Waals surface area contributed by atoms with Crippen LogP contribution in [-0.2, 0) is 5.92 Å². The Bertz CT molecular complexity index is 598. The van der Waals surface area contributed by atoms with Gasteiger partial charge in [0.1, 0.15) is 5.82 Å². The van der Waals surface area contributed by atoms with Crippen LogP contribution in [0, 0.1) is 6.92 Å². The second-order valence-electron chi connectivity index (χ2n) is 3.83. The van der Waals surface area contributed by atoms with Crippen LogP contribution < -0.4 is 5.73 Å². The molecule has 0 atom stereocenters. The molecule has 0 saturated heterocycles. The molecule has 2 N–H and O–H groups in total. The van der Waals surface area contributed by atoms with Gasteiger partial charge in [0, 0.05) is 5.39 Å². The number of halogens is 4. The molecule has 0 unspecified atom stereocenters. The molecule has 7 heteroatoms. The van der Waals surface area contributed by atoms with Crippen molar-refractivity contribution in [3.63, 3.8) is 0 Å². The van der Waals surface area contributed by atoms with Crippen molar-refractivity contribution in [1.29, 1.82) is 0 Å². The lowest BCUT2D eigenvalue weighted by atomic mass is 10.1. The smallest absolute Gasteiger partial charge is 0.365 e. The first-order valence-corrected chi connectivity index (χ1v) is 5.03. The predicted octanol–water partition coefficient (Wildman–Crippen LogP) is 2.88. The van der Waals surface area contributed by atoms with E-state index in [0.29, 0.717) is 10.9 Å². The molecular weight excluding hydrogens is 250 g/mol. The van der Waals surface area contributed by atoms with Crippen LogP contribution >= 0.6 is 0 Å². The van der Waals surface area contributed by atoms with Crippen molar-refractivity contribution in [2.24, 2.45) is 0 Å². The quantitative estimate of drug-likeness (QED) is 0.844. The van der Waals surface area contributed by atoms with E-state index in [1.807, 2.05) is 0 Å². The maximum absolute atomic E-state index is 13.2. The van der Waals surface area contributed by atoms with E-state index in [2.05, 4.69) is 9.97 Å². The molecule has 0 aliphatic rings. The lowest BCUT2D eigenvalue weighted by Crippen LogP contribution is -2.27. The van der Waals surface area contributed by atoms with E-state index in [9.17, 15) is 17.6 Å². The summed E-state index contributed by atoms with van der Waals surface area (Å²) in [5, 5.41) is 0.395. The molecule has 3 nitrogen and oxygen atoms in total. The zero-order valence-corrected chi connectivity index (χ0v) is 9.29. The highest BCUT2D eigenvalue weighted by Gasteiger charge is 2.46. The van der Waals surface area contributed by atoms with Crippen LogP contribution in [0.5, 0.6) is 0 Å². The second kappa shape index (κ2) is 4.08. The topological polar surface area (TPSA) is 51.8 Å². The summed E-state index contributed by atoms with van der Waals surface area (Å²) in [5.41, 5.74) is 6.34. The zero-order chi connectivity index (χ0) is 13.5. The SMILES string of the molecule is Cc1cccc2nc(C(F)(F)C(F)F)nc(N)c12. The van der Waals surface area contributed by atoms with E-state index in [4.69, 9.17) is 5.73 Å². The molecule has 2 rings (SSSR count). The van der Waals surface area contributed by atoms with E-state index >= 15 is 0 Å². The molecule has 0 fully saturated rings. The Hall–Kier alpha value is -1.92. The van der Waals surface area contributed by atoms with Crippen molar-refractivity contribution in [1.82, 2.24) is 9.97 Å². The Labute approximate surface area is 99.6 Å². The van der Waals surface area contributed by atoms with Crippen molar-refractivity contribution >= 4 is 16.7 Å². The summed E-state index contributed by atoms with van der Waals surface area (Å²) in [6.45, 7) is 1.70. The first kappa shape index (κ1) is 12.5. The summed E-state index contributed by atoms with van der Waals surface area (Å²) in [6, 6.07) is 4.70. The Kier molecular flexibility index (Phi) is 2.84. The van der Waals surface area contributed by atoms with E-state index in [0.717, 1.165) is 0 Å². The molecule has 0 radical (unpaired) electrons. The maximum atomic E-state index is 13.2. The molecule has 1 aromatic heterocycles. The molecule has 96 valence electrons. The van der Waals surface area contributed by atoms with Gasteiger partial charge in [-0.25, -0.2) is 18.7 Å². The number of nitrogens with two attached hydrogens (primary N) is 1. The fourth-order valence-corrected chi connectivity index (χ4v) is 1.63. The van der Waals surface area contributed by atoms with Gasteiger partial charge in [-0.05, 0) is 18.6 Å². The second-order valence-corrected chi connectivity index (χ2v) is 3.83. The fourth-order valence-electron chi connectivity index (χ4n) is 1.63. The van der Waals surface area contributed by atoms with Crippen molar-refractivity contribution in [2.45, 2.75) is 19.3 Å². The van der Waals surface area contributed by atoms with Gasteiger partial charge in [0.05, 0.1) is 5.52 Å². The van der Waals surface area contributed by atoms with Crippen LogP contribution in [0.2, 0.25) is 0 Å². The third-order valence-corrected chi connectivity index (χ3v) is 2.53. The van der Waals surface area contributed by atoms with E-state index < -0.39 is 18.2 Å². The van der Waals surface area contributed by atoms with E-state index in [1.54, 1.807) is 19.1 Å². The summed E-state index contributed by atoms with van der Waals surface area (Å²) in [4.78, 5) is 6.76. The van der Waals surface area contributed by atoms with E-state index in [-0.39, 0.29) is 11.3 Å². The lowest BCUT2D eigenvalue weighted by molar-refractivity contribution is -0.140. The molecule has 0 aliphatic carbocycles. The van der Waals surface area contributed by atoms with Crippen molar-refractivity contribution in [3.8, 4) is 0 Å². The van der Waals surface area contributed by atoms with Crippen LogP contribution in [0.15, 0.2) is 18.2 Å². The molecule has 1 heterocycles. The van der Waals surface area contributed by atoms with Gasteiger partial charge in [-0.2, -0.15) is 8.78 Å². The molecular formula is C11H9F4N3. The van der Waals surface area contributed by atoms with Crippen molar-refractivity contribution < 1.29 is 17.6 Å². The number of hydrogen-bond acceptors (Lipinski definition) is 3. The van der Waals surface area contributed by atoms with E-state index in [1.165, 1.54) is 6.07 Å². The summed E-state index contributed by atoms with van der Waals surface area (Å²) in [6.07, 6.45) is -3.88. The predicted molar refractivity (Wildman–Crippen MR) is 58.6 cm³/mol. The number of fused-ring (bicyclic) bond motifs is 1. The molecule has 0 saturated carbocycles. The Morgan fingerprint density at radius 1 is 1.22 bits per heavy atom. The minimum atomic E-state index is -4.41. The summed E-state index contributed by atoms with van der Waals surface area (Å²) >= 11 is 0. The van der Waals surface area contributed by atoms with Crippen LogP contribution in [0.25, 0.3) is 10.9 Å². The summed E-state index contributed by atoms with van der Waals surface area (Å²) in [7, 11) is 0. The number of nitrogen functional groups attached to an aromatic ring is 1. The Morgan fingerprint density at radius 3 is 2.50 bits per heavy atom. The number of rotatable bonds is 2. The minimum Gasteiger partial charge on any atom is -0.383 e. The number of aryl methyl sites for hydroxylation is 1. The molecule has 0 spiro atoms. The minimum absolute atomic E-state index is 0.123. The monoisotopic (exact) mass is 259 g/mol. The average Bonchev–Trinajstić information content (AvgIpc) is 2.28. The standard InChI is InChI=1S/C11H9F4N3/c1-5-3-2-4-6-7(5)8(16)18-10(17-6)11(14,15)9(12)13/h2-4,9H,1H3,(H2,16,17,18). The van der Waals surface area contributed by atoms with Crippen LogP contribution in [0.4, 0.5) is 23.4 Å². The third kappa shape index (κ3) is 1.85. The maximum Gasteiger partial charge on any atom is 0.365 e. The van der Waals surface area contributed by atoms with Gasteiger partial charge in [0.15, 0.2) is 0 Å². The van der Waals surface area contributed by atoms with Gasteiger partial charge in [-0.15, -0.1) is 0 Å². The largest absolute Gasteiger partial charge is 0.383 e. The van der Waals surface area contributed by atoms with Crippen LogP contribution in [-0.4, -0.2) is 16.4 Å². The van der Waals surface area contributed by atoms with Gasteiger partial charge < -0.3 is 5.73 Å². The highest BCUT2D eigenvalue weighted by molar-refractivity contribution is 5.90. The molecule has 0 aliphatic heterocycles. The van der Waals surface area contributed by atoms with Crippen molar-refractivity contribution in [2.75, 3.05) is 5.73 Å². The summed E-state index contributed by atoms with van der Waals surface area (Å²) in [5.74, 6) is -5.90. The molecule has 2 aromatic rings. The molecule has 18 heavy (non-hydrogen) atoms. The Balaban J connectivity index is 2.71. The van der Waals surface area contributed by atoms with Gasteiger partial charge in [-0.1, -0.05) is 12.1 Å². The number of hydrogen-bond donors (Lipinski definition) is 1. The number of aromatic nitrogens is 2. The number of benzene rings is 1. The summed E-state index contributed by atoms with van der Waals surface area (Å²) < 4.78 is 50.8. The van der Waals surface area contributed by atoms with Crippen LogP contribution in [0.1, 0.15) is 11.4 Å². The van der Waals surface area contributed by atoms with Gasteiger partial charge >= 0.3 is 12.3 Å². The van der Waals surface area contributed by atoms with Gasteiger partial charge in [0.25, 0.3) is 0 Å². The molecule has 1 aromatic carbocycles. The van der Waals surface area contributed by atoms with Gasteiger partial charge in [-0.3, -0.25) is 0 Å². The first-order chi connectivity index (χ1) is 8.34. The van der Waals surface area contributed by atoms with Gasteiger partial charge in [0.2, 0.25) is 5.82 Å². The highest BCUT2D eigenvalue weighted by Crippen LogP contribution is 2.34. The first-order valence-electron chi connectivity index (χ1n) is 5.03. The molecule has 0 amide bonds. The Morgan fingerprint density at radius 2 is 1.89 bits per heavy atom. The third-order valence-electron chi connectivity index (χ3n) is 2.53. The number of anilines is 1. The van der Waals surface area contributed by atoms with Crippen molar-refractivity contribution in [3.05, 3.63) is 29.6 Å². The molecule has 0 bridgehead atoms. The normalized spacial score (nSPS) is 12.3. The average molecular weight is 259 g/mol.